The van der Waals surface area contributed by atoms with Gasteiger partial charge in [0.1, 0.15) is 17.7 Å². The lowest BCUT2D eigenvalue weighted by atomic mass is 9.82. The Kier molecular flexibility index (Phi) is 8.22. The molecule has 222 valence electrons. The van der Waals surface area contributed by atoms with Crippen molar-refractivity contribution in [3.63, 3.8) is 0 Å². The van der Waals surface area contributed by atoms with Gasteiger partial charge in [0, 0.05) is 24.2 Å². The molecule has 1 aliphatic carbocycles. The van der Waals surface area contributed by atoms with Gasteiger partial charge in [-0.15, -0.1) is 0 Å². The molecule has 1 aromatic heterocycles. The first-order valence-corrected chi connectivity index (χ1v) is 15.4. The van der Waals surface area contributed by atoms with E-state index < -0.39 is 11.9 Å². The highest BCUT2D eigenvalue weighted by atomic mass is 19.1. The summed E-state index contributed by atoms with van der Waals surface area (Å²) < 4.78 is 27.1. The molecule has 1 N–H and O–H groups in total. The molecular formula is C35H41FN2O4. The predicted octanol–water partition coefficient (Wildman–Crippen LogP) is 7.55. The third-order valence-corrected chi connectivity index (χ3v) is 9.62. The van der Waals surface area contributed by atoms with Crippen molar-refractivity contribution in [2.75, 3.05) is 13.7 Å². The summed E-state index contributed by atoms with van der Waals surface area (Å²) in [5.41, 5.74) is 5.71. The normalized spacial score (nSPS) is 22.1. The van der Waals surface area contributed by atoms with E-state index in [1.807, 2.05) is 13.0 Å². The van der Waals surface area contributed by atoms with Crippen molar-refractivity contribution < 1.29 is 23.8 Å². The molecule has 3 heterocycles. The van der Waals surface area contributed by atoms with Crippen LogP contribution in [0.4, 0.5) is 4.39 Å². The van der Waals surface area contributed by atoms with E-state index in [4.69, 9.17) is 9.47 Å². The van der Waals surface area contributed by atoms with Gasteiger partial charge in [-0.3, -0.25) is 9.69 Å². The van der Waals surface area contributed by atoms with Gasteiger partial charge >= 0.3 is 5.97 Å². The fourth-order valence-electron chi connectivity index (χ4n) is 6.96. The van der Waals surface area contributed by atoms with Crippen molar-refractivity contribution >= 4 is 5.97 Å². The van der Waals surface area contributed by atoms with E-state index in [1.165, 1.54) is 25.5 Å². The molecule has 3 aliphatic rings. The third-order valence-electron chi connectivity index (χ3n) is 9.62. The first-order chi connectivity index (χ1) is 20.3. The molecular weight excluding hydrogens is 531 g/mol. The molecule has 4 atom stereocenters. The van der Waals surface area contributed by atoms with E-state index in [1.54, 1.807) is 13.2 Å². The number of carbonyl (C=O) groups is 1. The molecule has 6 rings (SSSR count). The number of fused-ring (bicyclic) bond motifs is 1. The van der Waals surface area contributed by atoms with Gasteiger partial charge in [-0.25, -0.2) is 9.37 Å². The topological polar surface area (TPSA) is 71.9 Å². The van der Waals surface area contributed by atoms with Crippen molar-refractivity contribution in [2.24, 2.45) is 11.8 Å². The third kappa shape index (κ3) is 5.89. The van der Waals surface area contributed by atoms with Gasteiger partial charge in [0.25, 0.3) is 0 Å². The number of carboxylic acid groups (broad SMARTS) is 1. The minimum absolute atomic E-state index is 0.00134. The van der Waals surface area contributed by atoms with E-state index >= 15 is 4.39 Å². The van der Waals surface area contributed by atoms with Gasteiger partial charge in [0.05, 0.1) is 19.2 Å². The number of piperidine rings is 1. The zero-order valence-corrected chi connectivity index (χ0v) is 24.8. The molecule has 2 fully saturated rings. The van der Waals surface area contributed by atoms with Gasteiger partial charge < -0.3 is 14.6 Å². The van der Waals surface area contributed by atoms with Crippen molar-refractivity contribution in [2.45, 2.75) is 83.4 Å². The molecule has 2 aromatic carbocycles. The van der Waals surface area contributed by atoms with Crippen LogP contribution in [0.15, 0.2) is 48.7 Å². The predicted molar refractivity (Wildman–Crippen MR) is 160 cm³/mol. The van der Waals surface area contributed by atoms with Gasteiger partial charge in [-0.1, -0.05) is 43.7 Å². The molecule has 0 radical (unpaired) electrons. The number of likely N-dealkylation sites (tertiary alicyclic amines) is 1. The molecule has 1 saturated heterocycles. The van der Waals surface area contributed by atoms with E-state index in [-0.39, 0.29) is 17.8 Å². The molecule has 0 amide bonds. The average Bonchev–Trinajstić information content (AvgIpc) is 3.83. The number of pyridine rings is 1. The Bertz CT molecular complexity index is 1450. The van der Waals surface area contributed by atoms with Crippen LogP contribution in [0.2, 0.25) is 0 Å². The van der Waals surface area contributed by atoms with Crippen LogP contribution in [0.1, 0.15) is 86.6 Å². The average molecular weight is 573 g/mol. The van der Waals surface area contributed by atoms with Gasteiger partial charge in [-0.05, 0) is 97.7 Å². The Labute approximate surface area is 247 Å². The molecule has 3 aromatic rings. The van der Waals surface area contributed by atoms with Crippen molar-refractivity contribution in [3.05, 3.63) is 76.7 Å². The van der Waals surface area contributed by atoms with Crippen molar-refractivity contribution in [1.29, 1.82) is 0 Å². The Morgan fingerprint density at radius 2 is 1.95 bits per heavy atom. The first-order valence-electron chi connectivity index (χ1n) is 15.4. The Morgan fingerprint density at radius 3 is 2.69 bits per heavy atom. The van der Waals surface area contributed by atoms with E-state index in [0.717, 1.165) is 72.3 Å². The largest absolute Gasteiger partial charge is 0.485 e. The zero-order chi connectivity index (χ0) is 29.4. The summed E-state index contributed by atoms with van der Waals surface area (Å²) in [4.78, 5) is 18.4. The molecule has 0 unspecified atom stereocenters. The van der Waals surface area contributed by atoms with E-state index in [9.17, 15) is 9.90 Å². The number of methoxy groups -OCH3 is 1. The smallest absolute Gasteiger partial charge is 0.306 e. The van der Waals surface area contributed by atoms with Crippen LogP contribution in [0, 0.1) is 17.7 Å². The summed E-state index contributed by atoms with van der Waals surface area (Å²) in [5, 5.41) is 9.76. The molecule has 0 bridgehead atoms. The second kappa shape index (κ2) is 12.0. The maximum Gasteiger partial charge on any atom is 0.306 e. The molecule has 7 heteroatoms. The SMILES string of the molecule is COc1cc(-c2ccc([C@@H]3CCc4ccc([C@H](C5CC5)[C@H](C)C(=O)O)cc4O3)cc2CN2CCCC[C@H]2C)c(F)cn1. The maximum atomic E-state index is 15.1. The summed E-state index contributed by atoms with van der Waals surface area (Å²) in [5.74, 6) is 0.114. The summed E-state index contributed by atoms with van der Waals surface area (Å²) in [6, 6.07) is 14.7. The van der Waals surface area contributed by atoms with E-state index in [2.05, 4.69) is 47.1 Å². The van der Waals surface area contributed by atoms with Gasteiger partial charge in [0.15, 0.2) is 0 Å². The van der Waals surface area contributed by atoms with Crippen LogP contribution in [0.25, 0.3) is 11.1 Å². The number of aromatic nitrogens is 1. The lowest BCUT2D eigenvalue weighted by Crippen LogP contribution is -2.36. The number of hydrogen-bond donors (Lipinski definition) is 1. The van der Waals surface area contributed by atoms with Crippen molar-refractivity contribution in [3.8, 4) is 22.8 Å². The monoisotopic (exact) mass is 572 g/mol. The lowest BCUT2D eigenvalue weighted by molar-refractivity contribution is -0.142. The highest BCUT2D eigenvalue weighted by Crippen LogP contribution is 2.48. The van der Waals surface area contributed by atoms with Crippen LogP contribution in [0.5, 0.6) is 11.6 Å². The van der Waals surface area contributed by atoms with Crippen LogP contribution in [-0.2, 0) is 17.8 Å². The Hall–Kier alpha value is -3.45. The maximum absolute atomic E-state index is 15.1. The summed E-state index contributed by atoms with van der Waals surface area (Å²) in [6.45, 7) is 5.86. The first kappa shape index (κ1) is 28.7. The second-order valence-electron chi connectivity index (χ2n) is 12.4. The summed E-state index contributed by atoms with van der Waals surface area (Å²) in [7, 11) is 1.54. The lowest BCUT2D eigenvalue weighted by Gasteiger charge is -2.34. The number of ether oxygens (including phenoxy) is 2. The summed E-state index contributed by atoms with van der Waals surface area (Å²) in [6.07, 6.45) is 8.57. The number of nitrogens with zero attached hydrogens (tertiary/aromatic N) is 2. The quantitative estimate of drug-likeness (QED) is 0.285. The molecule has 1 saturated carbocycles. The summed E-state index contributed by atoms with van der Waals surface area (Å²) >= 11 is 0. The molecule has 0 spiro atoms. The van der Waals surface area contributed by atoms with Crippen LogP contribution in [-0.4, -0.2) is 40.7 Å². The number of aryl methyl sites for hydroxylation is 1. The zero-order valence-electron chi connectivity index (χ0n) is 24.8. The van der Waals surface area contributed by atoms with Crippen LogP contribution < -0.4 is 9.47 Å². The van der Waals surface area contributed by atoms with Crippen LogP contribution >= 0.6 is 0 Å². The number of hydrogen-bond acceptors (Lipinski definition) is 5. The Balaban J connectivity index is 1.32. The molecule has 6 nitrogen and oxygen atoms in total. The Morgan fingerprint density at radius 1 is 1.12 bits per heavy atom. The number of aliphatic carboxylic acids is 1. The number of carboxylic acids is 1. The van der Waals surface area contributed by atoms with Crippen LogP contribution in [0.3, 0.4) is 0 Å². The van der Waals surface area contributed by atoms with Crippen molar-refractivity contribution in [1.82, 2.24) is 9.88 Å². The highest BCUT2D eigenvalue weighted by molar-refractivity contribution is 5.71. The van der Waals surface area contributed by atoms with Gasteiger partial charge in [0.2, 0.25) is 5.88 Å². The number of halogens is 1. The standard InChI is InChI=1S/C35H41FN2O4/c1-21-6-4-5-15-38(21)20-27-16-25(11-13-28(27)29-18-33(41-3)37-19-30(29)36)31-14-12-23-7-10-26(17-32(23)42-31)34(24-8-9-24)22(2)35(39)40/h7,10-11,13,16-19,21-22,24,31,34H,4-6,8-9,12,14-15,20H2,1-3H3,(H,39,40)/t21-,22+,31+,34+/m1/s1. The van der Waals surface area contributed by atoms with Gasteiger partial charge in [-0.2, -0.15) is 0 Å². The minimum atomic E-state index is -0.748. The minimum Gasteiger partial charge on any atom is -0.485 e. The fraction of sp³-hybridized carbons (Fsp3) is 0.486. The number of benzene rings is 2. The molecule has 42 heavy (non-hydrogen) atoms. The number of rotatable bonds is 9. The fourth-order valence-corrected chi connectivity index (χ4v) is 6.96. The van der Waals surface area contributed by atoms with E-state index in [0.29, 0.717) is 23.4 Å². The highest BCUT2D eigenvalue weighted by Gasteiger charge is 2.39. The second-order valence-corrected chi connectivity index (χ2v) is 12.4. The molecule has 2 aliphatic heterocycles.